The molecule has 0 unspecified atom stereocenters. The Bertz CT molecular complexity index is 1070. The van der Waals surface area contributed by atoms with E-state index in [0.717, 1.165) is 28.2 Å². The maximum absolute atomic E-state index is 9.81. The van der Waals surface area contributed by atoms with Crippen molar-refractivity contribution in [2.45, 2.75) is 20.0 Å². The Kier molecular flexibility index (Phi) is 8.49. The number of nitrogens with one attached hydrogen (secondary N) is 2. The summed E-state index contributed by atoms with van der Waals surface area (Å²) in [5, 5.41) is 16.5. The fourth-order valence-electron chi connectivity index (χ4n) is 3.04. The van der Waals surface area contributed by atoms with Crippen molar-refractivity contribution in [3.8, 4) is 17.6 Å². The number of aryl methyl sites for hydroxylation is 1. The molecule has 6 heteroatoms. The minimum absolute atomic E-state index is 0.276. The van der Waals surface area contributed by atoms with Gasteiger partial charge in [0.05, 0.1) is 14.2 Å². The molecule has 33 heavy (non-hydrogen) atoms. The molecule has 0 aliphatic rings. The number of nitriles is 1. The van der Waals surface area contributed by atoms with Crippen LogP contribution in [0.25, 0.3) is 0 Å². The summed E-state index contributed by atoms with van der Waals surface area (Å²) in [5.74, 6) is 2.16. The molecule has 2 N–H and O–H groups in total. The molecule has 3 rings (SSSR count). The topological polar surface area (TPSA) is 78.7 Å². The van der Waals surface area contributed by atoms with Crippen molar-refractivity contribution in [1.82, 2.24) is 10.6 Å². The summed E-state index contributed by atoms with van der Waals surface area (Å²) in [6.07, 6.45) is 1.70. The smallest absolute Gasteiger partial charge is 0.180 e. The first-order valence-corrected chi connectivity index (χ1v) is 10.6. The third-order valence-corrected chi connectivity index (χ3v) is 5.02. The van der Waals surface area contributed by atoms with Crippen LogP contribution in [0.2, 0.25) is 0 Å². The summed E-state index contributed by atoms with van der Waals surface area (Å²) in [6.45, 7) is 3.09. The van der Waals surface area contributed by atoms with Crippen molar-refractivity contribution in [1.29, 1.82) is 5.26 Å². The molecule has 0 bridgehead atoms. The maximum atomic E-state index is 9.81. The lowest BCUT2D eigenvalue weighted by molar-refractivity contribution is 0.414. The van der Waals surface area contributed by atoms with Crippen molar-refractivity contribution >= 4 is 6.21 Å². The molecule has 168 valence electrons. The van der Waals surface area contributed by atoms with E-state index in [1.807, 2.05) is 79.7 Å². The Morgan fingerprint density at radius 1 is 0.818 bits per heavy atom. The number of hydrogen-bond acceptors (Lipinski definition) is 6. The molecule has 0 heterocycles. The highest BCUT2D eigenvalue weighted by atomic mass is 16.5. The molecule has 0 radical (unpaired) electrons. The van der Waals surface area contributed by atoms with Crippen molar-refractivity contribution in [3.05, 3.63) is 107 Å². The van der Waals surface area contributed by atoms with E-state index in [9.17, 15) is 5.26 Å². The number of ether oxygens (including phenoxy) is 2. The lowest BCUT2D eigenvalue weighted by atomic mass is 10.2. The van der Waals surface area contributed by atoms with E-state index in [1.165, 1.54) is 5.56 Å². The molecule has 3 aromatic rings. The molecule has 0 saturated carbocycles. The van der Waals surface area contributed by atoms with Crippen LogP contribution < -0.4 is 20.1 Å². The van der Waals surface area contributed by atoms with Gasteiger partial charge in [-0.25, -0.2) is 4.99 Å². The fraction of sp³-hybridized carbons (Fsp3) is 0.185. The van der Waals surface area contributed by atoms with Gasteiger partial charge in [-0.1, -0.05) is 54.1 Å². The molecule has 0 spiro atoms. The van der Waals surface area contributed by atoms with Crippen LogP contribution >= 0.6 is 0 Å². The highest BCUT2D eigenvalue weighted by molar-refractivity contribution is 5.80. The second-order valence-corrected chi connectivity index (χ2v) is 7.41. The van der Waals surface area contributed by atoms with Gasteiger partial charge in [-0.05, 0) is 47.9 Å². The zero-order valence-electron chi connectivity index (χ0n) is 19.1. The Labute approximate surface area is 195 Å². The van der Waals surface area contributed by atoms with Gasteiger partial charge in [-0.15, -0.1) is 0 Å². The zero-order valence-corrected chi connectivity index (χ0v) is 19.1. The van der Waals surface area contributed by atoms with E-state index in [0.29, 0.717) is 18.9 Å². The first-order valence-electron chi connectivity index (χ1n) is 10.6. The Hall–Kier alpha value is -4.24. The van der Waals surface area contributed by atoms with Gasteiger partial charge in [-0.2, -0.15) is 5.26 Å². The van der Waals surface area contributed by atoms with E-state index in [2.05, 4.69) is 21.7 Å². The van der Waals surface area contributed by atoms with Crippen LogP contribution in [0, 0.1) is 18.3 Å². The van der Waals surface area contributed by atoms with Crippen LogP contribution in [0.15, 0.2) is 89.3 Å². The van der Waals surface area contributed by atoms with Crippen molar-refractivity contribution in [2.75, 3.05) is 14.2 Å². The summed E-state index contributed by atoms with van der Waals surface area (Å²) in [7, 11) is 3.28. The van der Waals surface area contributed by atoms with Gasteiger partial charge in [0.1, 0.15) is 23.4 Å². The summed E-state index contributed by atoms with van der Waals surface area (Å²) in [5.41, 5.74) is 4.49. The first kappa shape index (κ1) is 23.4. The third-order valence-electron chi connectivity index (χ3n) is 5.02. The third kappa shape index (κ3) is 7.15. The van der Waals surface area contributed by atoms with Gasteiger partial charge < -0.3 is 20.1 Å². The van der Waals surface area contributed by atoms with Crippen molar-refractivity contribution in [3.63, 3.8) is 0 Å². The molecule has 3 aromatic carbocycles. The van der Waals surface area contributed by atoms with Crippen LogP contribution in [-0.4, -0.2) is 20.4 Å². The number of benzene rings is 3. The van der Waals surface area contributed by atoms with Crippen LogP contribution in [0.4, 0.5) is 0 Å². The number of methoxy groups -OCH3 is 2. The number of rotatable bonds is 10. The highest BCUT2D eigenvalue weighted by Crippen LogP contribution is 2.14. The predicted molar refractivity (Wildman–Crippen MR) is 131 cm³/mol. The number of hydrogen-bond donors (Lipinski definition) is 2. The predicted octanol–water partition coefficient (Wildman–Crippen LogP) is 4.70. The van der Waals surface area contributed by atoms with E-state index in [1.54, 1.807) is 20.4 Å². The van der Waals surface area contributed by atoms with Crippen LogP contribution in [0.1, 0.15) is 22.3 Å². The number of allylic oxidation sites excluding steroid dienone is 1. The van der Waals surface area contributed by atoms with E-state index >= 15 is 0 Å². The summed E-state index contributed by atoms with van der Waals surface area (Å²) in [4.78, 5) is 4.45. The van der Waals surface area contributed by atoms with Crippen molar-refractivity contribution in [2.24, 2.45) is 4.99 Å². The standard InChI is InChI=1S/C27H28N4O2/c1-20-4-6-21(7-5-20)17-29-26(16-28)27(30-18-22-8-12-24(32-2)13-9-22)31-19-23-10-14-25(33-3)15-11-23/h4-15,17,30-31H,18-19H2,1-3H3. The minimum atomic E-state index is 0.276. The van der Waals surface area contributed by atoms with Gasteiger partial charge in [0.2, 0.25) is 0 Å². The molecule has 0 atom stereocenters. The lowest BCUT2D eigenvalue weighted by Gasteiger charge is -2.15. The fourth-order valence-corrected chi connectivity index (χ4v) is 3.04. The summed E-state index contributed by atoms with van der Waals surface area (Å²) >= 11 is 0. The van der Waals surface area contributed by atoms with E-state index in [-0.39, 0.29) is 5.70 Å². The Morgan fingerprint density at radius 3 is 1.73 bits per heavy atom. The molecule has 0 aromatic heterocycles. The van der Waals surface area contributed by atoms with Crippen molar-refractivity contribution < 1.29 is 9.47 Å². The monoisotopic (exact) mass is 440 g/mol. The molecule has 6 nitrogen and oxygen atoms in total. The second kappa shape index (κ2) is 12.0. The maximum Gasteiger partial charge on any atom is 0.180 e. The Balaban J connectivity index is 1.80. The van der Waals surface area contributed by atoms with Gasteiger partial charge in [0, 0.05) is 19.3 Å². The lowest BCUT2D eigenvalue weighted by Crippen LogP contribution is -2.27. The molecule has 0 fully saturated rings. The average Bonchev–Trinajstić information content (AvgIpc) is 2.87. The molecule has 0 amide bonds. The average molecular weight is 441 g/mol. The normalized spacial score (nSPS) is 10.4. The van der Waals surface area contributed by atoms with Gasteiger partial charge >= 0.3 is 0 Å². The van der Waals surface area contributed by atoms with Gasteiger partial charge in [0.25, 0.3) is 0 Å². The minimum Gasteiger partial charge on any atom is -0.497 e. The second-order valence-electron chi connectivity index (χ2n) is 7.41. The molecule has 0 aliphatic heterocycles. The first-order chi connectivity index (χ1) is 16.1. The highest BCUT2D eigenvalue weighted by Gasteiger charge is 2.07. The molecular weight excluding hydrogens is 412 g/mol. The van der Waals surface area contributed by atoms with Gasteiger partial charge in [0.15, 0.2) is 5.70 Å². The largest absolute Gasteiger partial charge is 0.497 e. The van der Waals surface area contributed by atoms with Crippen LogP contribution in [0.5, 0.6) is 11.5 Å². The summed E-state index contributed by atoms with van der Waals surface area (Å²) < 4.78 is 10.4. The molecular formula is C27H28N4O2. The molecule has 0 saturated heterocycles. The Morgan fingerprint density at radius 2 is 1.30 bits per heavy atom. The van der Waals surface area contributed by atoms with Gasteiger partial charge in [-0.3, -0.25) is 0 Å². The quantitative estimate of drug-likeness (QED) is 0.353. The SMILES string of the molecule is COc1ccc(CNC(NCc2ccc(OC)cc2)=C(C#N)N=Cc2ccc(C)cc2)cc1. The van der Waals surface area contributed by atoms with E-state index in [4.69, 9.17) is 9.47 Å². The molecule has 0 aliphatic carbocycles. The number of aliphatic imine (C=N–C) groups is 1. The zero-order chi connectivity index (χ0) is 23.5. The number of nitrogens with zero attached hydrogens (tertiary/aromatic N) is 2. The van der Waals surface area contributed by atoms with Crippen LogP contribution in [-0.2, 0) is 13.1 Å². The van der Waals surface area contributed by atoms with Crippen LogP contribution in [0.3, 0.4) is 0 Å². The summed E-state index contributed by atoms with van der Waals surface area (Å²) in [6, 6.07) is 25.7. The van der Waals surface area contributed by atoms with E-state index < -0.39 is 0 Å².